The Morgan fingerprint density at radius 1 is 1.18 bits per heavy atom. The molecule has 0 aromatic carbocycles. The molecule has 5 heterocycles. The number of aryl methyl sites for hydroxylation is 2. The lowest BCUT2D eigenvalue weighted by atomic mass is 10.0. The van der Waals surface area contributed by atoms with Crippen LogP contribution in [0.2, 0.25) is 0 Å². The smallest absolute Gasteiger partial charge is 0.245 e. The molecule has 2 amide bonds. The number of rotatable bonds is 5. The van der Waals surface area contributed by atoms with Gasteiger partial charge in [0.2, 0.25) is 17.7 Å². The highest BCUT2D eigenvalue weighted by molar-refractivity contribution is 5.90. The van der Waals surface area contributed by atoms with Gasteiger partial charge in [0, 0.05) is 56.3 Å². The number of carbonyl (C=O) groups excluding carboxylic acids is 2. The van der Waals surface area contributed by atoms with Crippen LogP contribution in [-0.4, -0.2) is 56.4 Å². The molecule has 2 aliphatic rings. The summed E-state index contributed by atoms with van der Waals surface area (Å²) in [7, 11) is 1.71. The number of hydrogen-bond donors (Lipinski definition) is 0. The number of likely N-dealkylation sites (N-methyl/N-ethyl adjacent to an activating group) is 1. The topological polar surface area (TPSA) is 102 Å². The number of nitrogens with zero attached hydrogens (tertiary/aromatic N) is 5. The van der Waals surface area contributed by atoms with Crippen LogP contribution in [0.15, 0.2) is 35.1 Å². The average molecular weight is 462 g/mol. The lowest BCUT2D eigenvalue weighted by Gasteiger charge is -2.32. The van der Waals surface area contributed by atoms with Gasteiger partial charge in [0.1, 0.15) is 24.1 Å². The van der Waals surface area contributed by atoms with Crippen LogP contribution < -0.4 is 4.74 Å². The second-order valence-electron chi connectivity index (χ2n) is 8.90. The van der Waals surface area contributed by atoms with Crippen LogP contribution in [-0.2, 0) is 29.2 Å². The molecule has 2 aliphatic heterocycles. The molecule has 1 fully saturated rings. The largest absolute Gasteiger partial charge is 0.473 e. The van der Waals surface area contributed by atoms with Gasteiger partial charge in [-0.05, 0) is 49.9 Å². The fourth-order valence-electron chi connectivity index (χ4n) is 4.53. The molecule has 5 rings (SSSR count). The SMILES string of the molecule is Cc1ccc(-c2noc(C)c2COc2cc3c(cn2)CN(C(=O)[C@H]2CCC(=O)N2C)CC3)cn1. The van der Waals surface area contributed by atoms with E-state index in [1.165, 1.54) is 0 Å². The van der Waals surface area contributed by atoms with Crippen molar-refractivity contribution in [3.05, 3.63) is 58.7 Å². The van der Waals surface area contributed by atoms with Crippen LogP contribution in [0.4, 0.5) is 0 Å². The normalized spacial score (nSPS) is 17.7. The van der Waals surface area contributed by atoms with Gasteiger partial charge in [0.15, 0.2) is 0 Å². The number of aromatic nitrogens is 3. The molecule has 34 heavy (non-hydrogen) atoms. The van der Waals surface area contributed by atoms with Crippen molar-refractivity contribution >= 4 is 11.8 Å². The Labute approximate surface area is 197 Å². The summed E-state index contributed by atoms with van der Waals surface area (Å²) in [6, 6.07) is 5.49. The third kappa shape index (κ3) is 4.13. The molecule has 0 aliphatic carbocycles. The van der Waals surface area contributed by atoms with Crippen molar-refractivity contribution in [2.24, 2.45) is 0 Å². The summed E-state index contributed by atoms with van der Waals surface area (Å²) in [4.78, 5) is 36.9. The van der Waals surface area contributed by atoms with Crippen LogP contribution in [0.1, 0.15) is 41.0 Å². The van der Waals surface area contributed by atoms with Crippen LogP contribution in [0.3, 0.4) is 0 Å². The van der Waals surface area contributed by atoms with Crippen molar-refractivity contribution in [2.45, 2.75) is 52.3 Å². The van der Waals surface area contributed by atoms with Crippen molar-refractivity contribution in [1.82, 2.24) is 24.9 Å². The second kappa shape index (κ2) is 8.89. The second-order valence-corrected chi connectivity index (χ2v) is 8.90. The number of ether oxygens (including phenoxy) is 1. The summed E-state index contributed by atoms with van der Waals surface area (Å²) in [5.41, 5.74) is 5.51. The van der Waals surface area contributed by atoms with Gasteiger partial charge in [-0.25, -0.2) is 4.98 Å². The van der Waals surface area contributed by atoms with Crippen molar-refractivity contribution in [3.8, 4) is 17.1 Å². The van der Waals surface area contributed by atoms with Gasteiger partial charge in [-0.15, -0.1) is 0 Å². The Hall–Kier alpha value is -3.75. The molecule has 3 aromatic heterocycles. The zero-order valence-electron chi connectivity index (χ0n) is 19.6. The summed E-state index contributed by atoms with van der Waals surface area (Å²) < 4.78 is 11.4. The highest BCUT2D eigenvalue weighted by atomic mass is 16.5. The fourth-order valence-corrected chi connectivity index (χ4v) is 4.53. The molecule has 176 valence electrons. The number of pyridine rings is 2. The number of fused-ring (bicyclic) bond motifs is 1. The summed E-state index contributed by atoms with van der Waals surface area (Å²) >= 11 is 0. The third-order valence-electron chi connectivity index (χ3n) is 6.69. The van der Waals surface area contributed by atoms with E-state index in [1.807, 2.05) is 36.9 Å². The number of carbonyl (C=O) groups is 2. The monoisotopic (exact) mass is 461 g/mol. The molecule has 9 heteroatoms. The quantitative estimate of drug-likeness (QED) is 0.576. The van der Waals surface area contributed by atoms with E-state index in [0.717, 1.165) is 34.4 Å². The minimum absolute atomic E-state index is 0.0142. The molecule has 0 unspecified atom stereocenters. The summed E-state index contributed by atoms with van der Waals surface area (Å²) in [5.74, 6) is 1.26. The Morgan fingerprint density at radius 2 is 2.03 bits per heavy atom. The Kier molecular flexibility index (Phi) is 5.77. The summed E-state index contributed by atoms with van der Waals surface area (Å²) in [6.45, 7) is 5.18. The number of hydrogen-bond acceptors (Lipinski definition) is 7. The van der Waals surface area contributed by atoms with Crippen molar-refractivity contribution in [1.29, 1.82) is 0 Å². The van der Waals surface area contributed by atoms with Crippen molar-refractivity contribution < 1.29 is 18.8 Å². The number of amides is 2. The zero-order chi connectivity index (χ0) is 23.8. The molecule has 1 saturated heterocycles. The molecule has 0 bridgehead atoms. The first-order valence-electron chi connectivity index (χ1n) is 11.4. The molecule has 9 nitrogen and oxygen atoms in total. The maximum absolute atomic E-state index is 12.9. The average Bonchev–Trinajstić information content (AvgIpc) is 3.38. The van der Waals surface area contributed by atoms with E-state index in [2.05, 4.69) is 15.1 Å². The van der Waals surface area contributed by atoms with Gasteiger partial charge in [-0.3, -0.25) is 14.6 Å². The van der Waals surface area contributed by atoms with E-state index in [4.69, 9.17) is 9.26 Å². The van der Waals surface area contributed by atoms with Gasteiger partial charge < -0.3 is 19.1 Å². The third-order valence-corrected chi connectivity index (χ3v) is 6.69. The molecule has 0 N–H and O–H groups in total. The van der Waals surface area contributed by atoms with Crippen LogP contribution in [0.5, 0.6) is 5.88 Å². The van der Waals surface area contributed by atoms with Gasteiger partial charge in [0.05, 0.1) is 5.56 Å². The van der Waals surface area contributed by atoms with Gasteiger partial charge in [0.25, 0.3) is 0 Å². The molecule has 1 atom stereocenters. The summed E-state index contributed by atoms with van der Waals surface area (Å²) in [5, 5.41) is 4.19. The first-order chi connectivity index (χ1) is 16.4. The Balaban J connectivity index is 1.26. The van der Waals surface area contributed by atoms with E-state index in [0.29, 0.717) is 43.3 Å². The molecule has 0 spiro atoms. The Morgan fingerprint density at radius 3 is 2.76 bits per heavy atom. The van der Waals surface area contributed by atoms with Gasteiger partial charge in [-0.2, -0.15) is 0 Å². The minimum Gasteiger partial charge on any atom is -0.473 e. The molecule has 3 aromatic rings. The predicted octanol–water partition coefficient (Wildman–Crippen LogP) is 2.83. The molecular weight excluding hydrogens is 434 g/mol. The van der Waals surface area contributed by atoms with Crippen molar-refractivity contribution in [3.63, 3.8) is 0 Å². The van der Waals surface area contributed by atoms with E-state index >= 15 is 0 Å². The standard InChI is InChI=1S/C25H27N5O4/c1-15-4-5-18(11-26-15)24-20(16(2)34-28-24)14-33-22-10-17-8-9-30(13-19(17)12-27-22)25(32)21-6-7-23(31)29(21)3/h4-5,10-12,21H,6-9,13-14H2,1-3H3/t21-/m1/s1. The number of likely N-dealkylation sites (tertiary alicyclic amines) is 1. The maximum atomic E-state index is 12.9. The van der Waals surface area contributed by atoms with Crippen LogP contribution in [0, 0.1) is 13.8 Å². The highest BCUT2D eigenvalue weighted by Gasteiger charge is 2.36. The van der Waals surface area contributed by atoms with E-state index in [1.54, 1.807) is 24.3 Å². The van der Waals surface area contributed by atoms with Gasteiger partial charge in [-0.1, -0.05) is 5.16 Å². The first kappa shape index (κ1) is 22.1. The van der Waals surface area contributed by atoms with Crippen LogP contribution in [0.25, 0.3) is 11.3 Å². The lowest BCUT2D eigenvalue weighted by Crippen LogP contribution is -2.47. The predicted molar refractivity (Wildman–Crippen MR) is 123 cm³/mol. The Bertz CT molecular complexity index is 1240. The van der Waals surface area contributed by atoms with E-state index < -0.39 is 0 Å². The fraction of sp³-hybridized carbons (Fsp3) is 0.400. The summed E-state index contributed by atoms with van der Waals surface area (Å²) in [6.07, 6.45) is 5.30. The van der Waals surface area contributed by atoms with E-state index in [-0.39, 0.29) is 24.5 Å². The van der Waals surface area contributed by atoms with Crippen molar-refractivity contribution in [2.75, 3.05) is 13.6 Å². The maximum Gasteiger partial charge on any atom is 0.245 e. The minimum atomic E-state index is -0.352. The lowest BCUT2D eigenvalue weighted by molar-refractivity contribution is -0.140. The molecular formula is C25H27N5O4. The van der Waals surface area contributed by atoms with E-state index in [9.17, 15) is 9.59 Å². The first-order valence-corrected chi connectivity index (χ1v) is 11.4. The molecule has 0 radical (unpaired) electrons. The molecule has 0 saturated carbocycles. The highest BCUT2D eigenvalue weighted by Crippen LogP contribution is 2.28. The van der Waals surface area contributed by atoms with Gasteiger partial charge >= 0.3 is 0 Å². The van der Waals surface area contributed by atoms with Crippen LogP contribution >= 0.6 is 0 Å². The zero-order valence-corrected chi connectivity index (χ0v) is 19.6.